The third-order valence-corrected chi connectivity index (χ3v) is 3.82. The average Bonchev–Trinajstić information content (AvgIpc) is 2.46. The van der Waals surface area contributed by atoms with Crippen LogP contribution in [0.3, 0.4) is 0 Å². The van der Waals surface area contributed by atoms with Crippen LogP contribution in [0.25, 0.3) is 0 Å². The maximum absolute atomic E-state index is 9.29. The molecule has 0 aliphatic heterocycles. The first-order chi connectivity index (χ1) is 9.26. The van der Waals surface area contributed by atoms with Gasteiger partial charge in [0.05, 0.1) is 29.6 Å². The molecule has 2 rings (SSSR count). The van der Waals surface area contributed by atoms with Gasteiger partial charge in [0, 0.05) is 12.6 Å². The summed E-state index contributed by atoms with van der Waals surface area (Å²) in [5.74, 6) is 0. The second kappa shape index (κ2) is 6.44. The molecule has 1 aromatic rings. The number of hydrogen-bond donors (Lipinski definition) is 2. The topological polar surface area (TPSA) is 73.3 Å². The van der Waals surface area contributed by atoms with E-state index >= 15 is 0 Å². The molecule has 3 N–H and O–H groups in total. The molecule has 1 aliphatic carbocycles. The maximum atomic E-state index is 9.29. The van der Waals surface area contributed by atoms with Crippen molar-refractivity contribution in [1.29, 1.82) is 5.26 Å². The molecule has 0 amide bonds. The highest BCUT2D eigenvalue weighted by molar-refractivity contribution is 5.70. The van der Waals surface area contributed by atoms with Crippen LogP contribution in [-0.2, 0) is 0 Å². The largest absolute Gasteiger partial charge is 0.397 e. The molecular formula is C15H21N3O. The summed E-state index contributed by atoms with van der Waals surface area (Å²) < 4.78 is 0. The molecule has 0 aromatic heterocycles. The van der Waals surface area contributed by atoms with E-state index in [0.717, 1.165) is 18.5 Å². The van der Waals surface area contributed by atoms with E-state index in [2.05, 4.69) is 11.0 Å². The van der Waals surface area contributed by atoms with Crippen LogP contribution in [0.4, 0.5) is 11.4 Å². The number of nitrogens with two attached hydrogens (primary N) is 1. The van der Waals surface area contributed by atoms with Gasteiger partial charge in [-0.25, -0.2) is 0 Å². The Kier molecular flexibility index (Phi) is 4.64. The zero-order valence-electron chi connectivity index (χ0n) is 11.2. The fourth-order valence-electron chi connectivity index (χ4n) is 2.89. The number of aliphatic hydroxyl groups excluding tert-OH is 1. The zero-order chi connectivity index (χ0) is 13.7. The molecule has 0 unspecified atom stereocenters. The Morgan fingerprint density at radius 2 is 2.05 bits per heavy atom. The molecule has 1 aliphatic rings. The van der Waals surface area contributed by atoms with Crippen molar-refractivity contribution in [3.05, 3.63) is 23.8 Å². The van der Waals surface area contributed by atoms with Gasteiger partial charge in [0.2, 0.25) is 0 Å². The predicted octanol–water partition coefficient (Wildman–Crippen LogP) is 2.27. The highest BCUT2D eigenvalue weighted by Crippen LogP contribution is 2.31. The number of benzene rings is 1. The molecular weight excluding hydrogens is 238 g/mol. The Hall–Kier alpha value is -1.73. The van der Waals surface area contributed by atoms with Gasteiger partial charge in [-0.3, -0.25) is 0 Å². The summed E-state index contributed by atoms with van der Waals surface area (Å²) in [5.41, 5.74) is 8.21. The fraction of sp³-hybridized carbons (Fsp3) is 0.533. The normalized spacial score (nSPS) is 16.0. The first kappa shape index (κ1) is 13.7. The Bertz CT molecular complexity index is 461. The van der Waals surface area contributed by atoms with Crippen LogP contribution in [0.5, 0.6) is 0 Å². The van der Waals surface area contributed by atoms with Crippen molar-refractivity contribution < 1.29 is 5.11 Å². The standard InChI is InChI=1S/C15H21N3O/c16-11-12-6-7-15(14(17)10-12)18(8-9-19)13-4-2-1-3-5-13/h6-7,10,13,19H,1-5,8-9,17H2. The fourth-order valence-corrected chi connectivity index (χ4v) is 2.89. The van der Waals surface area contributed by atoms with E-state index in [9.17, 15) is 5.11 Å². The molecule has 1 fully saturated rings. The average molecular weight is 259 g/mol. The highest BCUT2D eigenvalue weighted by atomic mass is 16.3. The van der Waals surface area contributed by atoms with Gasteiger partial charge in [0.25, 0.3) is 0 Å². The van der Waals surface area contributed by atoms with Crippen molar-refractivity contribution in [3.8, 4) is 6.07 Å². The number of aliphatic hydroxyl groups is 1. The summed E-state index contributed by atoms with van der Waals surface area (Å²) in [5, 5.41) is 18.2. The number of nitrogen functional groups attached to an aromatic ring is 1. The van der Waals surface area contributed by atoms with E-state index in [1.165, 1.54) is 19.3 Å². The van der Waals surface area contributed by atoms with Crippen LogP contribution >= 0.6 is 0 Å². The van der Waals surface area contributed by atoms with Gasteiger partial charge < -0.3 is 15.7 Å². The molecule has 19 heavy (non-hydrogen) atoms. The van der Waals surface area contributed by atoms with Gasteiger partial charge in [0.15, 0.2) is 0 Å². The zero-order valence-corrected chi connectivity index (χ0v) is 11.2. The highest BCUT2D eigenvalue weighted by Gasteiger charge is 2.22. The van der Waals surface area contributed by atoms with Gasteiger partial charge in [-0.15, -0.1) is 0 Å². The monoisotopic (exact) mass is 259 g/mol. The Labute approximate surface area is 114 Å². The van der Waals surface area contributed by atoms with Crippen LogP contribution in [0.15, 0.2) is 18.2 Å². The third kappa shape index (κ3) is 3.18. The Morgan fingerprint density at radius 1 is 1.32 bits per heavy atom. The molecule has 0 radical (unpaired) electrons. The van der Waals surface area contributed by atoms with E-state index in [1.807, 2.05) is 6.07 Å². The minimum atomic E-state index is 0.121. The van der Waals surface area contributed by atoms with Crippen molar-refractivity contribution in [2.75, 3.05) is 23.8 Å². The number of hydrogen-bond acceptors (Lipinski definition) is 4. The molecule has 0 spiro atoms. The lowest BCUT2D eigenvalue weighted by Gasteiger charge is -2.36. The second-order valence-electron chi connectivity index (χ2n) is 5.09. The lowest BCUT2D eigenvalue weighted by molar-refractivity contribution is 0.290. The number of anilines is 2. The molecule has 102 valence electrons. The van der Waals surface area contributed by atoms with Crippen LogP contribution in [0, 0.1) is 11.3 Å². The van der Waals surface area contributed by atoms with Crippen molar-refractivity contribution in [2.24, 2.45) is 0 Å². The SMILES string of the molecule is N#Cc1ccc(N(CCO)C2CCCCC2)c(N)c1. The van der Waals surface area contributed by atoms with E-state index in [0.29, 0.717) is 23.8 Å². The van der Waals surface area contributed by atoms with E-state index in [-0.39, 0.29) is 6.61 Å². The Morgan fingerprint density at radius 3 is 2.63 bits per heavy atom. The predicted molar refractivity (Wildman–Crippen MR) is 76.9 cm³/mol. The van der Waals surface area contributed by atoms with Crippen LogP contribution in [0.1, 0.15) is 37.7 Å². The third-order valence-electron chi connectivity index (χ3n) is 3.82. The van der Waals surface area contributed by atoms with Gasteiger partial charge in [-0.1, -0.05) is 19.3 Å². The maximum Gasteiger partial charge on any atom is 0.0992 e. The number of rotatable bonds is 4. The first-order valence-electron chi connectivity index (χ1n) is 6.93. The summed E-state index contributed by atoms with van der Waals surface area (Å²) in [6, 6.07) is 7.95. The smallest absolute Gasteiger partial charge is 0.0992 e. The summed E-state index contributed by atoms with van der Waals surface area (Å²) in [6.45, 7) is 0.719. The molecule has 0 bridgehead atoms. The van der Waals surface area contributed by atoms with Gasteiger partial charge >= 0.3 is 0 Å². The van der Waals surface area contributed by atoms with Crippen molar-refractivity contribution in [3.63, 3.8) is 0 Å². The van der Waals surface area contributed by atoms with Crippen LogP contribution in [0.2, 0.25) is 0 Å². The molecule has 0 saturated heterocycles. The molecule has 1 aromatic carbocycles. The van der Waals surface area contributed by atoms with E-state index in [1.54, 1.807) is 12.1 Å². The van der Waals surface area contributed by atoms with Gasteiger partial charge in [-0.2, -0.15) is 5.26 Å². The summed E-state index contributed by atoms with van der Waals surface area (Å²) in [6.07, 6.45) is 6.08. The first-order valence-corrected chi connectivity index (χ1v) is 6.93. The summed E-state index contributed by atoms with van der Waals surface area (Å²) in [7, 11) is 0. The van der Waals surface area contributed by atoms with Crippen LogP contribution < -0.4 is 10.6 Å². The molecule has 0 atom stereocenters. The van der Waals surface area contributed by atoms with Gasteiger partial charge in [0.1, 0.15) is 0 Å². The minimum Gasteiger partial charge on any atom is -0.397 e. The van der Waals surface area contributed by atoms with E-state index in [4.69, 9.17) is 11.0 Å². The summed E-state index contributed by atoms with van der Waals surface area (Å²) >= 11 is 0. The molecule has 4 nitrogen and oxygen atoms in total. The Balaban J connectivity index is 2.25. The minimum absolute atomic E-state index is 0.121. The summed E-state index contributed by atoms with van der Waals surface area (Å²) in [4.78, 5) is 2.20. The van der Waals surface area contributed by atoms with Gasteiger partial charge in [-0.05, 0) is 31.0 Å². The molecule has 4 heteroatoms. The lowest BCUT2D eigenvalue weighted by Crippen LogP contribution is -2.39. The van der Waals surface area contributed by atoms with Crippen molar-refractivity contribution in [2.45, 2.75) is 38.1 Å². The second-order valence-corrected chi connectivity index (χ2v) is 5.09. The van der Waals surface area contributed by atoms with Crippen molar-refractivity contribution in [1.82, 2.24) is 0 Å². The number of nitriles is 1. The quantitative estimate of drug-likeness (QED) is 0.813. The van der Waals surface area contributed by atoms with Crippen molar-refractivity contribution >= 4 is 11.4 Å². The molecule has 0 heterocycles. The van der Waals surface area contributed by atoms with Crippen LogP contribution in [-0.4, -0.2) is 24.3 Å². The lowest BCUT2D eigenvalue weighted by atomic mass is 9.93. The van der Waals surface area contributed by atoms with E-state index < -0.39 is 0 Å². The molecule has 1 saturated carbocycles. The number of nitrogens with zero attached hydrogens (tertiary/aromatic N) is 2.